The van der Waals surface area contributed by atoms with E-state index in [1.54, 1.807) is 12.1 Å². The van der Waals surface area contributed by atoms with Crippen LogP contribution in [0.2, 0.25) is 0 Å². The van der Waals surface area contributed by atoms with Crippen molar-refractivity contribution in [1.29, 1.82) is 0 Å². The molecule has 0 unspecified atom stereocenters. The van der Waals surface area contributed by atoms with E-state index < -0.39 is 9.84 Å². The molecular formula is C24H26N2O4S. The zero-order valence-electron chi connectivity index (χ0n) is 17.5. The number of methoxy groups -OCH3 is 1. The topological polar surface area (TPSA) is 85.4 Å². The van der Waals surface area contributed by atoms with Crippen LogP contribution in [0.15, 0.2) is 59.5 Å². The molecule has 1 fully saturated rings. The number of para-hydroxylation sites is 1. The minimum absolute atomic E-state index is 0.00116. The number of hydrogen-bond acceptors (Lipinski definition) is 5. The molecule has 1 amide bonds. The third-order valence-electron chi connectivity index (χ3n) is 5.70. The van der Waals surface area contributed by atoms with Gasteiger partial charge in [-0.3, -0.25) is 9.78 Å². The maximum absolute atomic E-state index is 13.2. The van der Waals surface area contributed by atoms with Crippen LogP contribution in [0.5, 0.6) is 5.75 Å². The van der Waals surface area contributed by atoms with Gasteiger partial charge in [0.25, 0.3) is 5.91 Å². The average Bonchev–Trinajstić information content (AvgIpc) is 2.79. The van der Waals surface area contributed by atoms with Gasteiger partial charge in [0.05, 0.1) is 24.1 Å². The molecular weight excluding hydrogens is 412 g/mol. The molecule has 2 aromatic carbocycles. The summed E-state index contributed by atoms with van der Waals surface area (Å²) in [6, 6.07) is 15.8. The number of ether oxygens (including phenoxy) is 1. The Balaban J connectivity index is 1.61. The number of aromatic nitrogens is 1. The van der Waals surface area contributed by atoms with Crippen molar-refractivity contribution in [3.05, 3.63) is 65.9 Å². The Labute approximate surface area is 182 Å². The molecule has 6 nitrogen and oxygen atoms in total. The Morgan fingerprint density at radius 3 is 2.61 bits per heavy atom. The summed E-state index contributed by atoms with van der Waals surface area (Å²) in [5.74, 6) is -0.313. The first-order valence-corrected chi connectivity index (χ1v) is 12.2. The van der Waals surface area contributed by atoms with Crippen LogP contribution in [-0.2, 0) is 15.6 Å². The smallest absolute Gasteiger partial charge is 0.251 e. The number of carbonyl (C=O) groups excluding carboxylic acids is 1. The average molecular weight is 439 g/mol. The predicted molar refractivity (Wildman–Crippen MR) is 120 cm³/mol. The maximum Gasteiger partial charge on any atom is 0.251 e. The molecule has 0 atom stereocenters. The van der Waals surface area contributed by atoms with Crippen LogP contribution in [-0.4, -0.2) is 32.5 Å². The molecule has 1 N–H and O–H groups in total. The zero-order chi connectivity index (χ0) is 21.8. The highest BCUT2D eigenvalue weighted by Gasteiger charge is 2.24. The zero-order valence-corrected chi connectivity index (χ0v) is 18.3. The molecule has 1 heterocycles. The number of nitrogens with zero attached hydrogens (tertiary/aromatic N) is 1. The van der Waals surface area contributed by atoms with E-state index in [1.807, 2.05) is 30.3 Å². The van der Waals surface area contributed by atoms with Crippen molar-refractivity contribution in [2.45, 2.75) is 48.8 Å². The van der Waals surface area contributed by atoms with E-state index in [0.29, 0.717) is 11.3 Å². The summed E-state index contributed by atoms with van der Waals surface area (Å²) in [5.41, 5.74) is 1.50. The third kappa shape index (κ3) is 4.88. The van der Waals surface area contributed by atoms with Crippen LogP contribution in [0, 0.1) is 0 Å². The van der Waals surface area contributed by atoms with Gasteiger partial charge in [-0.25, -0.2) is 8.42 Å². The van der Waals surface area contributed by atoms with E-state index >= 15 is 0 Å². The summed E-state index contributed by atoms with van der Waals surface area (Å²) in [6.07, 6.45) is 5.32. The highest BCUT2D eigenvalue weighted by atomic mass is 32.2. The minimum atomic E-state index is -3.78. The summed E-state index contributed by atoms with van der Waals surface area (Å²) in [5, 5.41) is 3.98. The fraction of sp³-hybridized carbons (Fsp3) is 0.333. The van der Waals surface area contributed by atoms with Gasteiger partial charge in [0.2, 0.25) is 0 Å². The number of pyridine rings is 1. The van der Waals surface area contributed by atoms with Crippen molar-refractivity contribution in [2.75, 3.05) is 7.11 Å². The number of benzene rings is 2. The molecule has 3 aromatic rings. The van der Waals surface area contributed by atoms with Gasteiger partial charge in [0, 0.05) is 17.0 Å². The van der Waals surface area contributed by atoms with Gasteiger partial charge in [-0.05, 0) is 43.2 Å². The molecule has 31 heavy (non-hydrogen) atoms. The Morgan fingerprint density at radius 2 is 1.84 bits per heavy atom. The van der Waals surface area contributed by atoms with Crippen LogP contribution in [0.3, 0.4) is 0 Å². The van der Waals surface area contributed by atoms with Crippen molar-refractivity contribution in [1.82, 2.24) is 10.3 Å². The molecule has 1 saturated carbocycles. The summed E-state index contributed by atoms with van der Waals surface area (Å²) < 4.78 is 31.8. The lowest BCUT2D eigenvalue weighted by Crippen LogP contribution is -2.36. The van der Waals surface area contributed by atoms with E-state index in [0.717, 1.165) is 36.6 Å². The first-order valence-electron chi connectivity index (χ1n) is 10.5. The number of carbonyl (C=O) groups is 1. The highest BCUT2D eigenvalue weighted by Crippen LogP contribution is 2.28. The van der Waals surface area contributed by atoms with E-state index in [-0.39, 0.29) is 28.3 Å². The summed E-state index contributed by atoms with van der Waals surface area (Å²) >= 11 is 0. The van der Waals surface area contributed by atoms with E-state index in [4.69, 9.17) is 4.74 Å². The van der Waals surface area contributed by atoms with Crippen molar-refractivity contribution in [3.63, 3.8) is 0 Å². The largest absolute Gasteiger partial charge is 0.495 e. The first-order chi connectivity index (χ1) is 15.0. The predicted octanol–water partition coefficient (Wildman–Crippen LogP) is 4.28. The summed E-state index contributed by atoms with van der Waals surface area (Å²) in [4.78, 5) is 17.2. The summed E-state index contributed by atoms with van der Waals surface area (Å²) in [6.45, 7) is 0. The van der Waals surface area contributed by atoms with Crippen LogP contribution in [0.1, 0.15) is 48.2 Å². The molecule has 162 valence electrons. The SMILES string of the molecule is COc1ccc(C(=O)NC2CCCCC2)cc1S(=O)(=O)Cc1ccc2ccccc2n1. The molecule has 0 aliphatic heterocycles. The molecule has 0 spiro atoms. The minimum Gasteiger partial charge on any atom is -0.495 e. The fourth-order valence-corrected chi connectivity index (χ4v) is 5.51. The second kappa shape index (κ2) is 9.06. The number of fused-ring (bicyclic) bond motifs is 1. The van der Waals surface area contributed by atoms with Crippen LogP contribution in [0.4, 0.5) is 0 Å². The molecule has 4 rings (SSSR count). The maximum atomic E-state index is 13.2. The van der Waals surface area contributed by atoms with Gasteiger partial charge in [-0.1, -0.05) is 43.5 Å². The van der Waals surface area contributed by atoms with Crippen LogP contribution in [0.25, 0.3) is 10.9 Å². The van der Waals surface area contributed by atoms with Crippen molar-refractivity contribution in [2.24, 2.45) is 0 Å². The van der Waals surface area contributed by atoms with E-state index in [1.165, 1.54) is 25.7 Å². The Morgan fingerprint density at radius 1 is 1.06 bits per heavy atom. The Bertz CT molecular complexity index is 1200. The molecule has 1 aliphatic rings. The first kappa shape index (κ1) is 21.3. The van der Waals surface area contributed by atoms with E-state index in [9.17, 15) is 13.2 Å². The lowest BCUT2D eigenvalue weighted by Gasteiger charge is -2.23. The number of rotatable bonds is 6. The van der Waals surface area contributed by atoms with Gasteiger partial charge in [-0.2, -0.15) is 0 Å². The summed E-state index contributed by atoms with van der Waals surface area (Å²) in [7, 11) is -2.36. The van der Waals surface area contributed by atoms with Crippen molar-refractivity contribution in [3.8, 4) is 5.75 Å². The Kier molecular flexibility index (Phi) is 6.23. The fourth-order valence-electron chi connectivity index (χ4n) is 4.04. The number of amides is 1. The van der Waals surface area contributed by atoms with Crippen molar-refractivity contribution >= 4 is 26.6 Å². The van der Waals surface area contributed by atoms with Gasteiger partial charge in [0.15, 0.2) is 9.84 Å². The van der Waals surface area contributed by atoms with Gasteiger partial charge in [-0.15, -0.1) is 0 Å². The highest BCUT2D eigenvalue weighted by molar-refractivity contribution is 7.90. The quantitative estimate of drug-likeness (QED) is 0.621. The monoisotopic (exact) mass is 438 g/mol. The lowest BCUT2D eigenvalue weighted by molar-refractivity contribution is 0.0927. The molecule has 0 saturated heterocycles. The normalized spacial score (nSPS) is 15.0. The van der Waals surface area contributed by atoms with Gasteiger partial charge < -0.3 is 10.1 Å². The van der Waals surface area contributed by atoms with Gasteiger partial charge in [0.1, 0.15) is 10.6 Å². The van der Waals surface area contributed by atoms with E-state index in [2.05, 4.69) is 10.3 Å². The lowest BCUT2D eigenvalue weighted by atomic mass is 9.95. The number of nitrogens with one attached hydrogen (secondary N) is 1. The molecule has 0 radical (unpaired) electrons. The molecule has 1 aliphatic carbocycles. The van der Waals surface area contributed by atoms with Crippen LogP contribution < -0.4 is 10.1 Å². The van der Waals surface area contributed by atoms with Gasteiger partial charge >= 0.3 is 0 Å². The molecule has 1 aromatic heterocycles. The third-order valence-corrected chi connectivity index (χ3v) is 7.36. The van der Waals surface area contributed by atoms with Crippen molar-refractivity contribution < 1.29 is 17.9 Å². The Hall–Kier alpha value is -2.93. The number of sulfone groups is 1. The standard InChI is InChI=1S/C24H26N2O4S/c1-30-22-14-12-18(24(27)26-19-8-3-2-4-9-19)15-23(22)31(28,29)16-20-13-11-17-7-5-6-10-21(17)25-20/h5-7,10-15,19H,2-4,8-9,16H2,1H3,(H,26,27). The number of hydrogen-bond donors (Lipinski definition) is 1. The molecule has 0 bridgehead atoms. The second-order valence-corrected chi connectivity index (χ2v) is 9.89. The molecule has 7 heteroatoms. The second-order valence-electron chi connectivity index (χ2n) is 7.93. The van der Waals surface area contributed by atoms with Crippen LogP contribution >= 0.6 is 0 Å².